The predicted molar refractivity (Wildman–Crippen MR) is 111 cm³/mol. The zero-order valence-corrected chi connectivity index (χ0v) is 17.8. The second-order valence-electron chi connectivity index (χ2n) is 8.31. The van der Waals surface area contributed by atoms with Crippen molar-refractivity contribution in [1.29, 1.82) is 0 Å². The number of aryl methyl sites for hydroxylation is 2. The first-order valence-corrected chi connectivity index (χ1v) is 10.9. The number of carbonyl (C=O) groups excluding carboxylic acids is 2. The third-order valence-corrected chi connectivity index (χ3v) is 6.24. The molecule has 0 aliphatic carbocycles. The minimum Gasteiger partial charge on any atom is -0.462 e. The molecule has 2 aliphatic heterocycles. The summed E-state index contributed by atoms with van der Waals surface area (Å²) in [6, 6.07) is 5.28. The van der Waals surface area contributed by atoms with Gasteiger partial charge < -0.3 is 14.8 Å². The van der Waals surface area contributed by atoms with E-state index in [0.717, 1.165) is 30.7 Å². The van der Waals surface area contributed by atoms with Crippen molar-refractivity contribution >= 4 is 11.9 Å². The monoisotopic (exact) mass is 429 g/mol. The highest BCUT2D eigenvalue weighted by Crippen LogP contribution is 2.37. The number of rotatable bonds is 6. The Hall–Kier alpha value is -2.74. The fraction of sp³-hybridized carbons (Fsp3) is 0.522. The van der Waals surface area contributed by atoms with Crippen LogP contribution in [0.15, 0.2) is 24.3 Å². The van der Waals surface area contributed by atoms with Gasteiger partial charge in [-0.2, -0.15) is 5.10 Å². The number of fused-ring (bicyclic) bond motifs is 1. The molecule has 0 unspecified atom stereocenters. The first-order valence-electron chi connectivity index (χ1n) is 10.9. The minimum absolute atomic E-state index is 0.00297. The normalized spacial score (nSPS) is 17.7. The maximum absolute atomic E-state index is 13.0. The molecular weight excluding hydrogens is 401 g/mol. The number of carbonyl (C=O) groups is 2. The van der Waals surface area contributed by atoms with Crippen molar-refractivity contribution < 1.29 is 23.5 Å². The highest BCUT2D eigenvalue weighted by molar-refractivity contribution is 5.97. The van der Waals surface area contributed by atoms with Gasteiger partial charge in [0.15, 0.2) is 0 Å². The lowest BCUT2D eigenvalue weighted by molar-refractivity contribution is 0.0152. The van der Waals surface area contributed by atoms with E-state index in [4.69, 9.17) is 14.6 Å². The molecule has 2 aliphatic rings. The van der Waals surface area contributed by atoms with Crippen molar-refractivity contribution in [2.24, 2.45) is 5.41 Å². The van der Waals surface area contributed by atoms with E-state index in [0.29, 0.717) is 50.3 Å². The van der Waals surface area contributed by atoms with Gasteiger partial charge >= 0.3 is 5.97 Å². The third kappa shape index (κ3) is 4.63. The number of aromatic nitrogens is 2. The van der Waals surface area contributed by atoms with Crippen molar-refractivity contribution in [3.05, 3.63) is 52.6 Å². The molecule has 3 heterocycles. The molecule has 1 aromatic heterocycles. The Morgan fingerprint density at radius 3 is 2.74 bits per heavy atom. The lowest BCUT2D eigenvalue weighted by atomic mass is 9.76. The fourth-order valence-corrected chi connectivity index (χ4v) is 4.41. The summed E-state index contributed by atoms with van der Waals surface area (Å²) in [5.74, 6) is -0.924. The highest BCUT2D eigenvalue weighted by atomic mass is 19.1. The number of hydrogen-bond acceptors (Lipinski definition) is 5. The number of halogens is 1. The van der Waals surface area contributed by atoms with Gasteiger partial charge in [-0.25, -0.2) is 9.18 Å². The van der Waals surface area contributed by atoms with Crippen LogP contribution < -0.4 is 5.32 Å². The smallest absolute Gasteiger partial charge is 0.338 e. The lowest BCUT2D eigenvalue weighted by Gasteiger charge is -2.36. The number of hydrogen-bond donors (Lipinski definition) is 1. The van der Waals surface area contributed by atoms with Crippen LogP contribution in [-0.2, 0) is 28.9 Å². The molecule has 1 aromatic carbocycles. The number of ether oxygens (including phenoxy) is 2. The molecule has 0 atom stereocenters. The van der Waals surface area contributed by atoms with Gasteiger partial charge in [0.2, 0.25) is 0 Å². The molecular formula is C23H28FN3O4. The molecule has 31 heavy (non-hydrogen) atoms. The van der Waals surface area contributed by atoms with E-state index in [2.05, 4.69) is 5.32 Å². The standard InChI is InChI=1S/C23H28FN3O4/c1-2-18-20-19(14-23(15-25-21(20)28)8-12-30-13-9-23)27(26-18)10-3-11-31-22(29)16-4-6-17(24)7-5-16/h4-7H,2-3,8-15H2,1H3,(H,25,28). The Labute approximate surface area is 180 Å². The van der Waals surface area contributed by atoms with Gasteiger partial charge in [-0.05, 0) is 55.4 Å². The maximum Gasteiger partial charge on any atom is 0.338 e. The van der Waals surface area contributed by atoms with Crippen molar-refractivity contribution in [3.63, 3.8) is 0 Å². The number of nitrogens with zero attached hydrogens (tertiary/aromatic N) is 2. The molecule has 1 amide bonds. The molecule has 1 saturated heterocycles. The molecule has 0 saturated carbocycles. The van der Waals surface area contributed by atoms with Crippen molar-refractivity contribution in [3.8, 4) is 0 Å². The molecule has 2 aromatic rings. The summed E-state index contributed by atoms with van der Waals surface area (Å²) in [5, 5.41) is 7.82. The largest absolute Gasteiger partial charge is 0.462 e. The number of esters is 1. The Bertz CT molecular complexity index is 948. The van der Waals surface area contributed by atoms with E-state index in [1.165, 1.54) is 24.3 Å². The number of benzene rings is 1. The van der Waals surface area contributed by atoms with E-state index in [-0.39, 0.29) is 17.9 Å². The van der Waals surface area contributed by atoms with E-state index in [1.807, 2.05) is 11.6 Å². The van der Waals surface area contributed by atoms with E-state index in [9.17, 15) is 14.0 Å². The predicted octanol–water partition coefficient (Wildman–Crippen LogP) is 2.91. The van der Waals surface area contributed by atoms with E-state index < -0.39 is 11.8 Å². The minimum atomic E-state index is -0.478. The number of amides is 1. The lowest BCUT2D eigenvalue weighted by Crippen LogP contribution is -2.40. The summed E-state index contributed by atoms with van der Waals surface area (Å²) in [5.41, 5.74) is 2.80. The molecule has 1 N–H and O–H groups in total. The Morgan fingerprint density at radius 1 is 1.29 bits per heavy atom. The van der Waals surface area contributed by atoms with Crippen LogP contribution in [0, 0.1) is 11.2 Å². The van der Waals surface area contributed by atoms with E-state index in [1.54, 1.807) is 0 Å². The van der Waals surface area contributed by atoms with Crippen LogP contribution in [-0.4, -0.2) is 48.0 Å². The van der Waals surface area contributed by atoms with Crippen molar-refractivity contribution in [1.82, 2.24) is 15.1 Å². The average Bonchev–Trinajstić information content (AvgIpc) is 3.06. The zero-order valence-electron chi connectivity index (χ0n) is 17.8. The van der Waals surface area contributed by atoms with Crippen LogP contribution in [0.3, 0.4) is 0 Å². The number of nitrogens with one attached hydrogen (secondary N) is 1. The van der Waals surface area contributed by atoms with Crippen LogP contribution in [0.25, 0.3) is 0 Å². The Balaban J connectivity index is 1.44. The van der Waals surface area contributed by atoms with Gasteiger partial charge in [-0.15, -0.1) is 0 Å². The molecule has 1 spiro atoms. The van der Waals surface area contributed by atoms with Crippen LogP contribution >= 0.6 is 0 Å². The fourth-order valence-electron chi connectivity index (χ4n) is 4.41. The van der Waals surface area contributed by atoms with Gasteiger partial charge in [0.05, 0.1) is 29.1 Å². The summed E-state index contributed by atoms with van der Waals surface area (Å²) in [4.78, 5) is 24.9. The highest BCUT2D eigenvalue weighted by Gasteiger charge is 2.39. The van der Waals surface area contributed by atoms with Gasteiger partial charge in [0.25, 0.3) is 5.91 Å². The molecule has 8 heteroatoms. The SMILES string of the molecule is CCc1nn(CCCOC(=O)c2ccc(F)cc2)c2c1C(=O)NCC1(CCOCC1)C2. The zero-order chi connectivity index (χ0) is 21.8. The quantitative estimate of drug-likeness (QED) is 0.564. The molecule has 166 valence electrons. The third-order valence-electron chi connectivity index (χ3n) is 6.24. The second-order valence-corrected chi connectivity index (χ2v) is 8.31. The topological polar surface area (TPSA) is 82.5 Å². The molecule has 0 radical (unpaired) electrons. The van der Waals surface area contributed by atoms with Crippen LogP contribution in [0.2, 0.25) is 0 Å². The summed E-state index contributed by atoms with van der Waals surface area (Å²) >= 11 is 0. The van der Waals surface area contributed by atoms with Crippen LogP contribution in [0.1, 0.15) is 58.3 Å². The Kier molecular flexibility index (Phi) is 6.36. The van der Waals surface area contributed by atoms with Gasteiger partial charge in [-0.1, -0.05) is 6.92 Å². The van der Waals surface area contributed by atoms with Crippen molar-refractivity contribution in [2.45, 2.75) is 45.6 Å². The second kappa shape index (κ2) is 9.18. The molecule has 4 rings (SSSR count). The average molecular weight is 429 g/mol. The summed E-state index contributed by atoms with van der Waals surface area (Å²) in [7, 11) is 0. The summed E-state index contributed by atoms with van der Waals surface area (Å²) in [6.45, 7) is 4.84. The van der Waals surface area contributed by atoms with Gasteiger partial charge in [-0.3, -0.25) is 9.48 Å². The summed E-state index contributed by atoms with van der Waals surface area (Å²) in [6.07, 6.45) is 3.86. The first kappa shape index (κ1) is 21.5. The molecule has 1 fully saturated rings. The van der Waals surface area contributed by atoms with E-state index >= 15 is 0 Å². The molecule has 7 nitrogen and oxygen atoms in total. The van der Waals surface area contributed by atoms with Crippen molar-refractivity contribution in [2.75, 3.05) is 26.4 Å². The van der Waals surface area contributed by atoms with Crippen LogP contribution in [0.5, 0.6) is 0 Å². The summed E-state index contributed by atoms with van der Waals surface area (Å²) < 4.78 is 25.8. The van der Waals surface area contributed by atoms with Gasteiger partial charge in [0.1, 0.15) is 5.82 Å². The Morgan fingerprint density at radius 2 is 2.03 bits per heavy atom. The first-order chi connectivity index (χ1) is 15.0. The molecule has 0 bridgehead atoms. The van der Waals surface area contributed by atoms with Crippen LogP contribution in [0.4, 0.5) is 4.39 Å². The van der Waals surface area contributed by atoms with Gasteiger partial charge in [0, 0.05) is 32.7 Å². The maximum atomic E-state index is 13.0.